The van der Waals surface area contributed by atoms with E-state index in [1.165, 1.54) is 37.8 Å². The van der Waals surface area contributed by atoms with Gasteiger partial charge in [-0.15, -0.1) is 0 Å². The molecule has 1 aliphatic rings. The predicted molar refractivity (Wildman–Crippen MR) is 90.4 cm³/mol. The van der Waals surface area contributed by atoms with E-state index in [0.29, 0.717) is 0 Å². The Morgan fingerprint density at radius 1 is 1.19 bits per heavy atom. The van der Waals surface area contributed by atoms with Crippen molar-refractivity contribution in [2.45, 2.75) is 39.0 Å². The van der Waals surface area contributed by atoms with Crippen LogP contribution in [0.5, 0.6) is 0 Å². The van der Waals surface area contributed by atoms with Gasteiger partial charge in [-0.2, -0.15) is 0 Å². The fourth-order valence-corrected chi connectivity index (χ4v) is 3.35. The zero-order valence-electron chi connectivity index (χ0n) is 12.8. The third-order valence-corrected chi connectivity index (χ3v) is 4.77. The Hall–Kier alpha value is -1.77. The minimum atomic E-state index is 0.767. The van der Waals surface area contributed by atoms with Crippen LogP contribution in [-0.2, 0) is 0 Å². The van der Waals surface area contributed by atoms with Crippen LogP contribution in [0.2, 0.25) is 0 Å². The van der Waals surface area contributed by atoms with Crippen LogP contribution < -0.4 is 11.1 Å². The van der Waals surface area contributed by atoms with Crippen molar-refractivity contribution in [2.24, 2.45) is 11.8 Å². The minimum Gasteiger partial charge on any atom is -0.399 e. The van der Waals surface area contributed by atoms with E-state index in [-0.39, 0.29) is 0 Å². The van der Waals surface area contributed by atoms with Crippen LogP contribution >= 0.6 is 0 Å². The molecule has 21 heavy (non-hydrogen) atoms. The normalized spacial score (nSPS) is 22.3. The Morgan fingerprint density at radius 2 is 2.00 bits per heavy atom. The Bertz CT molecular complexity index is 600. The number of pyridine rings is 1. The zero-order valence-corrected chi connectivity index (χ0v) is 12.8. The smallest absolute Gasteiger partial charge is 0.0743 e. The third kappa shape index (κ3) is 3.46. The van der Waals surface area contributed by atoms with Gasteiger partial charge < -0.3 is 11.1 Å². The van der Waals surface area contributed by atoms with E-state index in [0.717, 1.165) is 35.0 Å². The SMILES string of the molecule is CC1CCC(CCNc2ccnc3cc(N)ccc23)CC1. The van der Waals surface area contributed by atoms with E-state index in [2.05, 4.69) is 29.4 Å². The quantitative estimate of drug-likeness (QED) is 0.815. The maximum atomic E-state index is 5.82. The average molecular weight is 283 g/mol. The van der Waals surface area contributed by atoms with Gasteiger partial charge in [0.1, 0.15) is 0 Å². The molecule has 112 valence electrons. The first-order chi connectivity index (χ1) is 10.2. The van der Waals surface area contributed by atoms with Crippen LogP contribution in [0.1, 0.15) is 39.0 Å². The van der Waals surface area contributed by atoms with Crippen molar-refractivity contribution in [3.05, 3.63) is 30.5 Å². The molecule has 1 aliphatic carbocycles. The second-order valence-corrected chi connectivity index (χ2v) is 6.48. The molecule has 1 heterocycles. The Labute approximate surface area is 127 Å². The molecule has 3 heteroatoms. The molecule has 1 aromatic carbocycles. The van der Waals surface area contributed by atoms with Gasteiger partial charge >= 0.3 is 0 Å². The number of nitrogen functional groups attached to an aromatic ring is 1. The van der Waals surface area contributed by atoms with E-state index in [9.17, 15) is 0 Å². The van der Waals surface area contributed by atoms with Crippen LogP contribution in [0, 0.1) is 11.8 Å². The second kappa shape index (κ2) is 6.33. The van der Waals surface area contributed by atoms with Crippen LogP contribution in [0.3, 0.4) is 0 Å². The van der Waals surface area contributed by atoms with E-state index in [1.807, 2.05) is 18.3 Å². The Kier molecular flexibility index (Phi) is 4.28. The monoisotopic (exact) mass is 283 g/mol. The molecular formula is C18H25N3. The number of nitrogens with zero attached hydrogens (tertiary/aromatic N) is 1. The standard InChI is InChI=1S/C18H25N3/c1-13-2-4-14(5-3-13)8-10-20-17-9-11-21-18-12-15(19)6-7-16(17)18/h6-7,9,11-14H,2-5,8,10,19H2,1H3,(H,20,21). The van der Waals surface area contributed by atoms with Crippen LogP contribution in [-0.4, -0.2) is 11.5 Å². The predicted octanol–water partition coefficient (Wildman–Crippen LogP) is 4.45. The summed E-state index contributed by atoms with van der Waals surface area (Å²) in [5.41, 5.74) is 8.72. The summed E-state index contributed by atoms with van der Waals surface area (Å²) in [6, 6.07) is 7.99. The van der Waals surface area contributed by atoms with Crippen molar-refractivity contribution in [3.8, 4) is 0 Å². The molecule has 0 atom stereocenters. The molecular weight excluding hydrogens is 258 g/mol. The molecule has 2 aromatic rings. The highest BCUT2D eigenvalue weighted by Crippen LogP contribution is 2.30. The molecule has 0 radical (unpaired) electrons. The van der Waals surface area contributed by atoms with Gasteiger partial charge in [0, 0.05) is 29.5 Å². The van der Waals surface area contributed by atoms with E-state index in [1.54, 1.807) is 0 Å². The molecule has 3 rings (SSSR count). The summed E-state index contributed by atoms with van der Waals surface area (Å²) < 4.78 is 0. The van der Waals surface area contributed by atoms with Gasteiger partial charge in [0.25, 0.3) is 0 Å². The summed E-state index contributed by atoms with van der Waals surface area (Å²) in [5, 5.41) is 4.74. The van der Waals surface area contributed by atoms with Gasteiger partial charge in [0.05, 0.1) is 5.52 Å². The van der Waals surface area contributed by atoms with Gasteiger partial charge in [0.2, 0.25) is 0 Å². The van der Waals surface area contributed by atoms with Gasteiger partial charge in [-0.1, -0.05) is 32.6 Å². The van der Waals surface area contributed by atoms with Gasteiger partial charge in [0.15, 0.2) is 0 Å². The molecule has 3 N–H and O–H groups in total. The third-order valence-electron chi connectivity index (χ3n) is 4.77. The zero-order chi connectivity index (χ0) is 14.7. The maximum Gasteiger partial charge on any atom is 0.0743 e. The number of nitrogens with one attached hydrogen (secondary N) is 1. The highest BCUT2D eigenvalue weighted by Gasteiger charge is 2.17. The lowest BCUT2D eigenvalue weighted by molar-refractivity contribution is 0.282. The van der Waals surface area contributed by atoms with Gasteiger partial charge in [-0.25, -0.2) is 0 Å². The van der Waals surface area contributed by atoms with Crippen molar-refractivity contribution in [1.82, 2.24) is 4.98 Å². The highest BCUT2D eigenvalue weighted by atomic mass is 14.9. The number of nitrogens with two attached hydrogens (primary N) is 1. The number of benzene rings is 1. The van der Waals surface area contributed by atoms with Crippen LogP contribution in [0.15, 0.2) is 30.5 Å². The van der Waals surface area contributed by atoms with Crippen molar-refractivity contribution in [1.29, 1.82) is 0 Å². The molecule has 0 bridgehead atoms. The molecule has 0 spiro atoms. The number of fused-ring (bicyclic) bond motifs is 1. The lowest BCUT2D eigenvalue weighted by Gasteiger charge is -2.26. The van der Waals surface area contributed by atoms with Crippen LogP contribution in [0.4, 0.5) is 11.4 Å². The molecule has 1 aromatic heterocycles. The lowest BCUT2D eigenvalue weighted by Crippen LogP contribution is -2.15. The van der Waals surface area contributed by atoms with E-state index >= 15 is 0 Å². The summed E-state index contributed by atoms with van der Waals surface area (Å²) in [6.07, 6.45) is 8.73. The number of rotatable bonds is 4. The van der Waals surface area contributed by atoms with Crippen molar-refractivity contribution in [2.75, 3.05) is 17.6 Å². The number of hydrogen-bond acceptors (Lipinski definition) is 3. The fraction of sp³-hybridized carbons (Fsp3) is 0.500. The maximum absolute atomic E-state index is 5.82. The molecule has 0 amide bonds. The van der Waals surface area contributed by atoms with Crippen molar-refractivity contribution < 1.29 is 0 Å². The first-order valence-electron chi connectivity index (χ1n) is 8.10. The first kappa shape index (κ1) is 14.2. The molecule has 3 nitrogen and oxygen atoms in total. The number of hydrogen-bond donors (Lipinski definition) is 2. The lowest BCUT2D eigenvalue weighted by atomic mass is 9.81. The summed E-state index contributed by atoms with van der Waals surface area (Å²) in [7, 11) is 0. The number of anilines is 2. The fourth-order valence-electron chi connectivity index (χ4n) is 3.35. The molecule has 1 fully saturated rings. The van der Waals surface area contributed by atoms with Gasteiger partial charge in [-0.05, 0) is 42.5 Å². The molecule has 0 saturated heterocycles. The Balaban J connectivity index is 1.60. The molecule has 0 unspecified atom stereocenters. The summed E-state index contributed by atoms with van der Waals surface area (Å²) in [5.74, 6) is 1.83. The van der Waals surface area contributed by atoms with Crippen LogP contribution in [0.25, 0.3) is 10.9 Å². The Morgan fingerprint density at radius 3 is 2.81 bits per heavy atom. The summed E-state index contributed by atoms with van der Waals surface area (Å²) >= 11 is 0. The summed E-state index contributed by atoms with van der Waals surface area (Å²) in [4.78, 5) is 4.39. The second-order valence-electron chi connectivity index (χ2n) is 6.48. The average Bonchev–Trinajstić information content (AvgIpc) is 2.49. The molecule has 1 saturated carbocycles. The van der Waals surface area contributed by atoms with Crippen molar-refractivity contribution in [3.63, 3.8) is 0 Å². The molecule has 0 aliphatic heterocycles. The summed E-state index contributed by atoms with van der Waals surface area (Å²) in [6.45, 7) is 3.42. The topological polar surface area (TPSA) is 50.9 Å². The van der Waals surface area contributed by atoms with Gasteiger partial charge in [-0.3, -0.25) is 4.98 Å². The first-order valence-corrected chi connectivity index (χ1v) is 8.10. The highest BCUT2D eigenvalue weighted by molar-refractivity contribution is 5.92. The number of aromatic nitrogens is 1. The van der Waals surface area contributed by atoms with Crippen molar-refractivity contribution >= 4 is 22.3 Å². The largest absolute Gasteiger partial charge is 0.399 e. The van der Waals surface area contributed by atoms with E-state index < -0.39 is 0 Å². The van der Waals surface area contributed by atoms with E-state index in [4.69, 9.17) is 5.73 Å². The minimum absolute atomic E-state index is 0.767.